The molecule has 31 heavy (non-hydrogen) atoms. The zero-order chi connectivity index (χ0) is 22.0. The van der Waals surface area contributed by atoms with E-state index in [-0.39, 0.29) is 11.3 Å². The van der Waals surface area contributed by atoms with Crippen LogP contribution < -0.4 is 0 Å². The van der Waals surface area contributed by atoms with Crippen LogP contribution in [-0.4, -0.2) is 38.2 Å². The summed E-state index contributed by atoms with van der Waals surface area (Å²) < 4.78 is 0.739. The van der Waals surface area contributed by atoms with E-state index in [9.17, 15) is 14.7 Å². The highest BCUT2D eigenvalue weighted by atomic mass is 79.9. The average Bonchev–Trinajstić information content (AvgIpc) is 3.36. The fourth-order valence-electron chi connectivity index (χ4n) is 3.78. The summed E-state index contributed by atoms with van der Waals surface area (Å²) in [5.74, 6) is -0.840. The van der Waals surface area contributed by atoms with Crippen molar-refractivity contribution in [1.29, 1.82) is 0 Å². The van der Waals surface area contributed by atoms with E-state index in [1.807, 2.05) is 24.3 Å². The molecule has 2 aromatic carbocycles. The quantitative estimate of drug-likeness (QED) is 0.287. The maximum absolute atomic E-state index is 13.0. The van der Waals surface area contributed by atoms with Crippen molar-refractivity contribution in [3.63, 3.8) is 0 Å². The average molecular weight is 501 g/mol. The van der Waals surface area contributed by atoms with Crippen molar-refractivity contribution in [2.24, 2.45) is 0 Å². The molecule has 8 heteroatoms. The molecule has 1 aliphatic rings. The van der Waals surface area contributed by atoms with Crippen molar-refractivity contribution in [1.82, 2.24) is 14.9 Å². The number of hydrogen-bond donors (Lipinski definition) is 2. The Hall–Kier alpha value is -2.90. The number of Topliss-reactive ketones (excluding diaryl/α,β-unsaturated/α-hetero) is 1. The number of rotatable bonds is 6. The zero-order valence-corrected chi connectivity index (χ0v) is 18.7. The number of ketones is 1. The summed E-state index contributed by atoms with van der Waals surface area (Å²) in [6.45, 7) is 0.330. The number of imidazole rings is 1. The topological polar surface area (TPSA) is 86.3 Å². The molecule has 0 radical (unpaired) electrons. The van der Waals surface area contributed by atoms with Crippen LogP contribution in [0.3, 0.4) is 0 Å². The minimum Gasteiger partial charge on any atom is -0.507 e. The maximum Gasteiger partial charge on any atom is 0.295 e. The van der Waals surface area contributed by atoms with Gasteiger partial charge in [0, 0.05) is 35.4 Å². The number of carbonyl (C=O) groups is 2. The van der Waals surface area contributed by atoms with Crippen LogP contribution in [-0.2, 0) is 16.0 Å². The van der Waals surface area contributed by atoms with Gasteiger partial charge in [-0.15, -0.1) is 0 Å². The third-order valence-electron chi connectivity index (χ3n) is 5.24. The van der Waals surface area contributed by atoms with E-state index >= 15 is 0 Å². The third-order valence-corrected chi connectivity index (χ3v) is 6.29. The van der Waals surface area contributed by atoms with Crippen molar-refractivity contribution in [3.05, 3.63) is 92.9 Å². The van der Waals surface area contributed by atoms with Gasteiger partial charge in [-0.3, -0.25) is 9.59 Å². The zero-order valence-electron chi connectivity index (χ0n) is 16.4. The predicted octanol–water partition coefficient (Wildman–Crippen LogP) is 4.88. The predicted molar refractivity (Wildman–Crippen MR) is 122 cm³/mol. The fraction of sp³-hybridized carbons (Fsp3) is 0.174. The van der Waals surface area contributed by atoms with E-state index in [1.54, 1.807) is 36.7 Å². The van der Waals surface area contributed by atoms with Crippen molar-refractivity contribution < 1.29 is 14.7 Å². The molecule has 158 valence electrons. The van der Waals surface area contributed by atoms with Crippen molar-refractivity contribution in [3.8, 4) is 0 Å². The van der Waals surface area contributed by atoms with Crippen molar-refractivity contribution >= 4 is 45.0 Å². The number of nitrogens with zero attached hydrogens (tertiary/aromatic N) is 2. The minimum atomic E-state index is -0.733. The molecule has 0 spiro atoms. The Bertz CT molecular complexity index is 1160. The molecule has 0 saturated carbocycles. The van der Waals surface area contributed by atoms with Gasteiger partial charge < -0.3 is 15.0 Å². The second-order valence-electron chi connectivity index (χ2n) is 7.13. The van der Waals surface area contributed by atoms with Gasteiger partial charge in [-0.1, -0.05) is 57.9 Å². The number of hydrogen-bond acceptors (Lipinski definition) is 4. The lowest BCUT2D eigenvalue weighted by atomic mass is 9.95. The van der Waals surface area contributed by atoms with E-state index in [4.69, 9.17) is 11.6 Å². The number of aliphatic hydroxyl groups is 1. The molecule has 1 aromatic heterocycles. The summed E-state index contributed by atoms with van der Waals surface area (Å²) >= 11 is 9.79. The summed E-state index contributed by atoms with van der Waals surface area (Å²) in [7, 11) is 0. The van der Waals surface area contributed by atoms with Crippen LogP contribution in [0, 0.1) is 0 Å². The molecule has 1 unspecified atom stereocenters. The van der Waals surface area contributed by atoms with Gasteiger partial charge in [0.25, 0.3) is 11.7 Å². The first-order valence-electron chi connectivity index (χ1n) is 9.75. The number of aliphatic hydroxyl groups excluding tert-OH is 1. The van der Waals surface area contributed by atoms with Crippen LogP contribution in [0.25, 0.3) is 5.76 Å². The monoisotopic (exact) mass is 499 g/mol. The number of aromatic amines is 1. The molecular weight excluding hydrogens is 482 g/mol. The first kappa shape index (κ1) is 21.3. The van der Waals surface area contributed by atoms with E-state index in [0.29, 0.717) is 35.5 Å². The van der Waals surface area contributed by atoms with Gasteiger partial charge >= 0.3 is 0 Å². The van der Waals surface area contributed by atoms with Crippen molar-refractivity contribution in [2.75, 3.05) is 6.54 Å². The number of H-pyrrole nitrogens is 1. The second-order valence-corrected chi connectivity index (χ2v) is 8.39. The molecule has 3 aromatic rings. The Kier molecular flexibility index (Phi) is 6.25. The Morgan fingerprint density at radius 2 is 1.90 bits per heavy atom. The Morgan fingerprint density at radius 3 is 2.61 bits per heavy atom. The molecule has 1 aliphatic heterocycles. The molecule has 4 rings (SSSR count). The fourth-order valence-corrected chi connectivity index (χ4v) is 4.51. The molecule has 1 amide bonds. The van der Waals surface area contributed by atoms with Gasteiger partial charge in [-0.2, -0.15) is 0 Å². The maximum atomic E-state index is 13.0. The first-order valence-corrected chi connectivity index (χ1v) is 10.9. The van der Waals surface area contributed by atoms with E-state index in [1.165, 1.54) is 4.90 Å². The summed E-state index contributed by atoms with van der Waals surface area (Å²) in [5, 5.41) is 11.4. The summed E-state index contributed by atoms with van der Waals surface area (Å²) in [6.07, 6.45) is 4.65. The summed E-state index contributed by atoms with van der Waals surface area (Å²) in [6, 6.07) is 13.3. The van der Waals surface area contributed by atoms with Gasteiger partial charge in [-0.05, 0) is 30.2 Å². The Labute approximate surface area is 192 Å². The Balaban J connectivity index is 1.77. The van der Waals surface area contributed by atoms with Crippen LogP contribution in [0.5, 0.6) is 0 Å². The van der Waals surface area contributed by atoms with Crippen LogP contribution >= 0.6 is 27.5 Å². The number of aromatic nitrogens is 2. The number of halogens is 2. The van der Waals surface area contributed by atoms with Gasteiger partial charge in [0.05, 0.1) is 16.6 Å². The summed E-state index contributed by atoms with van der Waals surface area (Å²) in [5.41, 5.74) is 1.06. The number of amides is 1. The molecule has 2 N–H and O–H groups in total. The highest BCUT2D eigenvalue weighted by Gasteiger charge is 2.46. The molecule has 1 atom stereocenters. The van der Waals surface area contributed by atoms with Crippen LogP contribution in [0.4, 0.5) is 0 Å². The minimum absolute atomic E-state index is 0.0306. The highest BCUT2D eigenvalue weighted by molar-refractivity contribution is 9.10. The third kappa shape index (κ3) is 4.16. The molecular formula is C23H19BrClN3O3. The van der Waals surface area contributed by atoms with Crippen LogP contribution in [0.1, 0.15) is 29.4 Å². The summed E-state index contributed by atoms with van der Waals surface area (Å²) in [4.78, 5) is 34.8. The van der Waals surface area contributed by atoms with Gasteiger partial charge in [0.15, 0.2) is 0 Å². The molecule has 2 heterocycles. The van der Waals surface area contributed by atoms with Crippen LogP contribution in [0.2, 0.25) is 5.02 Å². The number of benzene rings is 2. The lowest BCUT2D eigenvalue weighted by molar-refractivity contribution is -0.139. The van der Waals surface area contributed by atoms with Gasteiger partial charge in [-0.25, -0.2) is 4.98 Å². The molecule has 6 nitrogen and oxygen atoms in total. The van der Waals surface area contributed by atoms with Crippen molar-refractivity contribution in [2.45, 2.75) is 18.9 Å². The van der Waals surface area contributed by atoms with E-state index in [0.717, 1.165) is 10.3 Å². The van der Waals surface area contributed by atoms with Gasteiger partial charge in [0.2, 0.25) is 0 Å². The number of likely N-dealkylation sites (tertiary alicyclic amines) is 1. The lowest BCUT2D eigenvalue weighted by Gasteiger charge is -2.26. The van der Waals surface area contributed by atoms with E-state index < -0.39 is 17.7 Å². The normalized spacial score (nSPS) is 18.0. The number of carbonyl (C=O) groups excluding carboxylic acids is 2. The Morgan fingerprint density at radius 1 is 1.16 bits per heavy atom. The van der Waals surface area contributed by atoms with Gasteiger partial charge in [0.1, 0.15) is 11.6 Å². The first-order chi connectivity index (χ1) is 15.0. The lowest BCUT2D eigenvalue weighted by Crippen LogP contribution is -2.31. The largest absolute Gasteiger partial charge is 0.507 e. The molecule has 1 fully saturated rings. The number of aryl methyl sites for hydroxylation is 1. The molecule has 0 bridgehead atoms. The SMILES string of the molecule is O=C1C(=O)N(CCCc2ncc[nH]2)C(c2ccccc2Br)/C1=C(\O)c1ccccc1Cl. The van der Waals surface area contributed by atoms with E-state index in [2.05, 4.69) is 25.9 Å². The standard InChI is InChI=1S/C23H19BrClN3O3/c24-16-8-3-1-6-14(16)20-19(21(29)15-7-2-4-9-17(15)25)22(30)23(31)28(20)13-5-10-18-26-11-12-27-18/h1-4,6-9,11-12,20,29H,5,10,13H2,(H,26,27)/b21-19+. The smallest absolute Gasteiger partial charge is 0.295 e. The highest BCUT2D eigenvalue weighted by Crippen LogP contribution is 2.42. The molecule has 0 aliphatic carbocycles. The van der Waals surface area contributed by atoms with Crippen LogP contribution in [0.15, 0.2) is 71.0 Å². The number of nitrogens with one attached hydrogen (secondary N) is 1. The molecule has 1 saturated heterocycles. The second kappa shape index (κ2) is 9.08.